The van der Waals surface area contributed by atoms with E-state index in [1.165, 1.54) is 0 Å². The van der Waals surface area contributed by atoms with Crippen molar-refractivity contribution >= 4 is 22.6 Å². The third kappa shape index (κ3) is 4.87. The lowest BCUT2D eigenvalue weighted by atomic mass is 10.1. The summed E-state index contributed by atoms with van der Waals surface area (Å²) in [6.07, 6.45) is 7.95. The maximum Gasteiger partial charge on any atom is 0.0647 e. The molecule has 0 spiro atoms. The van der Waals surface area contributed by atoms with Gasteiger partial charge in [0.2, 0.25) is 0 Å². The minimum atomic E-state index is 0.589. The van der Waals surface area contributed by atoms with Crippen molar-refractivity contribution in [1.82, 2.24) is 0 Å². The van der Waals surface area contributed by atoms with E-state index < -0.39 is 0 Å². The topological polar surface area (TPSA) is 24.7 Å². The van der Waals surface area contributed by atoms with Crippen LogP contribution in [0.4, 0.5) is 0 Å². The van der Waals surface area contributed by atoms with Crippen molar-refractivity contribution < 1.29 is 0 Å². The van der Waals surface area contributed by atoms with Gasteiger partial charge in [0.25, 0.3) is 0 Å². The largest absolute Gasteiger partial charge is 0.281 e. The standard InChI is InChI=1S/C24H22N2/c1-19(21-9-5-3-6-10-21)17-25-23-13-15-24(16-14-23)26-18-20(2)22-11-7-4-8-12-22/h3-16H,1-2,17-18H2. The van der Waals surface area contributed by atoms with E-state index in [1.807, 2.05) is 60.7 Å². The Kier molecular flexibility index (Phi) is 5.89. The molecule has 0 unspecified atom stereocenters. The number of nitrogens with zero attached hydrogens (tertiary/aromatic N) is 2. The minimum absolute atomic E-state index is 0.589. The minimum Gasteiger partial charge on any atom is -0.281 e. The van der Waals surface area contributed by atoms with Crippen molar-refractivity contribution in [3.8, 4) is 0 Å². The molecule has 2 heteroatoms. The molecule has 0 aromatic heterocycles. The van der Waals surface area contributed by atoms with Crippen LogP contribution >= 0.6 is 0 Å². The van der Waals surface area contributed by atoms with Crippen molar-refractivity contribution in [2.45, 2.75) is 0 Å². The second kappa shape index (κ2) is 8.72. The maximum atomic E-state index is 4.61. The van der Waals surface area contributed by atoms with E-state index in [-0.39, 0.29) is 0 Å². The van der Waals surface area contributed by atoms with Gasteiger partial charge in [-0.15, -0.1) is 0 Å². The van der Waals surface area contributed by atoms with Gasteiger partial charge in [-0.3, -0.25) is 9.98 Å². The Balaban J connectivity index is 1.56. The molecule has 0 saturated carbocycles. The van der Waals surface area contributed by atoms with E-state index in [1.54, 1.807) is 0 Å². The number of allylic oxidation sites excluding steroid dienone is 4. The van der Waals surface area contributed by atoms with Gasteiger partial charge in [-0.1, -0.05) is 73.8 Å². The van der Waals surface area contributed by atoms with E-state index in [0.717, 1.165) is 33.7 Å². The summed E-state index contributed by atoms with van der Waals surface area (Å²) in [5.74, 6) is 0. The second-order valence-corrected chi connectivity index (χ2v) is 6.09. The lowest BCUT2D eigenvalue weighted by Gasteiger charge is -2.06. The van der Waals surface area contributed by atoms with Crippen molar-refractivity contribution in [2.24, 2.45) is 9.98 Å². The van der Waals surface area contributed by atoms with Crippen molar-refractivity contribution in [2.75, 3.05) is 13.1 Å². The average molecular weight is 338 g/mol. The molecule has 2 nitrogen and oxygen atoms in total. The average Bonchev–Trinajstić information content (AvgIpc) is 2.72. The van der Waals surface area contributed by atoms with Crippen LogP contribution in [0.2, 0.25) is 0 Å². The van der Waals surface area contributed by atoms with Crippen molar-refractivity contribution in [3.63, 3.8) is 0 Å². The summed E-state index contributed by atoms with van der Waals surface area (Å²) >= 11 is 0. The molecule has 0 amide bonds. The molecule has 0 aliphatic heterocycles. The Morgan fingerprint density at radius 3 is 1.27 bits per heavy atom. The highest BCUT2D eigenvalue weighted by Crippen LogP contribution is 2.13. The van der Waals surface area contributed by atoms with Crippen LogP contribution in [0, 0.1) is 0 Å². The fourth-order valence-corrected chi connectivity index (χ4v) is 2.57. The SMILES string of the molecule is C=C(CN=C1C=CC(=NCC(=C)c2ccccc2)C=C1)c1ccccc1. The van der Waals surface area contributed by atoms with Crippen LogP contribution in [0.3, 0.4) is 0 Å². The van der Waals surface area contributed by atoms with E-state index >= 15 is 0 Å². The highest BCUT2D eigenvalue weighted by atomic mass is 14.7. The number of hydrogen-bond donors (Lipinski definition) is 0. The molecule has 0 N–H and O–H groups in total. The van der Waals surface area contributed by atoms with Gasteiger partial charge in [0.15, 0.2) is 0 Å². The normalized spacial score (nSPS) is 12.8. The summed E-state index contributed by atoms with van der Waals surface area (Å²) in [5, 5.41) is 0. The van der Waals surface area contributed by atoms with Gasteiger partial charge in [-0.25, -0.2) is 0 Å². The predicted octanol–water partition coefficient (Wildman–Crippen LogP) is 5.42. The van der Waals surface area contributed by atoms with Crippen LogP contribution in [0.1, 0.15) is 11.1 Å². The highest BCUT2D eigenvalue weighted by Gasteiger charge is 2.02. The summed E-state index contributed by atoms with van der Waals surface area (Å²) in [6, 6.07) is 20.3. The first-order valence-corrected chi connectivity index (χ1v) is 8.64. The van der Waals surface area contributed by atoms with Gasteiger partial charge < -0.3 is 0 Å². The molecule has 0 bridgehead atoms. The lowest BCUT2D eigenvalue weighted by molar-refractivity contribution is 1.26. The molecule has 1 aliphatic rings. The van der Waals surface area contributed by atoms with Crippen molar-refractivity contribution in [3.05, 3.63) is 109 Å². The molecule has 2 aromatic rings. The van der Waals surface area contributed by atoms with E-state index in [0.29, 0.717) is 13.1 Å². The van der Waals surface area contributed by atoms with E-state index in [9.17, 15) is 0 Å². The predicted molar refractivity (Wildman–Crippen MR) is 114 cm³/mol. The van der Waals surface area contributed by atoms with Gasteiger partial charge in [-0.2, -0.15) is 0 Å². The first-order chi connectivity index (χ1) is 12.7. The molecule has 1 aliphatic carbocycles. The zero-order valence-corrected chi connectivity index (χ0v) is 14.8. The summed E-state index contributed by atoms with van der Waals surface area (Å²) in [6.45, 7) is 9.40. The molecule has 2 aromatic carbocycles. The third-order valence-corrected chi connectivity index (χ3v) is 4.12. The molecular formula is C24H22N2. The third-order valence-electron chi connectivity index (χ3n) is 4.12. The molecule has 0 fully saturated rings. The molecule has 0 radical (unpaired) electrons. The summed E-state index contributed by atoms with van der Waals surface area (Å²) in [4.78, 5) is 9.22. The first-order valence-electron chi connectivity index (χ1n) is 8.64. The van der Waals surface area contributed by atoms with Gasteiger partial charge in [0.05, 0.1) is 24.5 Å². The summed E-state index contributed by atoms with van der Waals surface area (Å²) in [5.41, 5.74) is 6.15. The van der Waals surface area contributed by atoms with Crippen LogP contribution in [0.5, 0.6) is 0 Å². The Labute approximate surface area is 155 Å². The van der Waals surface area contributed by atoms with Crippen LogP contribution < -0.4 is 0 Å². The fourth-order valence-electron chi connectivity index (χ4n) is 2.57. The Hall–Kier alpha value is -3.26. The Morgan fingerprint density at radius 2 is 0.923 bits per heavy atom. The second-order valence-electron chi connectivity index (χ2n) is 6.09. The molecule has 0 heterocycles. The molecule has 0 saturated heterocycles. The van der Waals surface area contributed by atoms with Crippen LogP contribution in [0.25, 0.3) is 11.1 Å². The van der Waals surface area contributed by atoms with Crippen molar-refractivity contribution in [1.29, 1.82) is 0 Å². The summed E-state index contributed by atoms with van der Waals surface area (Å²) < 4.78 is 0. The van der Waals surface area contributed by atoms with Crippen LogP contribution in [-0.4, -0.2) is 24.5 Å². The highest BCUT2D eigenvalue weighted by molar-refractivity contribution is 6.18. The van der Waals surface area contributed by atoms with Gasteiger partial charge in [0, 0.05) is 0 Å². The lowest BCUT2D eigenvalue weighted by Crippen LogP contribution is -2.02. The molecule has 0 atom stereocenters. The number of rotatable bonds is 6. The Morgan fingerprint density at radius 1 is 0.577 bits per heavy atom. The fraction of sp³-hybridized carbons (Fsp3) is 0.0833. The molecule has 26 heavy (non-hydrogen) atoms. The van der Waals surface area contributed by atoms with Gasteiger partial charge in [-0.05, 0) is 46.6 Å². The zero-order chi connectivity index (χ0) is 18.2. The molecule has 3 rings (SSSR count). The van der Waals surface area contributed by atoms with Gasteiger partial charge >= 0.3 is 0 Å². The number of benzene rings is 2. The summed E-state index contributed by atoms with van der Waals surface area (Å²) in [7, 11) is 0. The van der Waals surface area contributed by atoms with Crippen LogP contribution in [-0.2, 0) is 0 Å². The smallest absolute Gasteiger partial charge is 0.0647 e. The maximum absolute atomic E-state index is 4.61. The Bertz CT molecular complexity index is 804. The quantitative estimate of drug-likeness (QED) is 0.628. The van der Waals surface area contributed by atoms with E-state index in [4.69, 9.17) is 0 Å². The molecule has 128 valence electrons. The molecular weight excluding hydrogens is 316 g/mol. The zero-order valence-electron chi connectivity index (χ0n) is 14.8. The van der Waals surface area contributed by atoms with Gasteiger partial charge in [0.1, 0.15) is 0 Å². The first kappa shape index (κ1) is 17.6. The number of hydrogen-bond acceptors (Lipinski definition) is 2. The van der Waals surface area contributed by atoms with E-state index in [2.05, 4.69) is 47.4 Å². The van der Waals surface area contributed by atoms with Crippen LogP contribution in [0.15, 0.2) is 108 Å². The number of aliphatic imine (C=N–C) groups is 2. The monoisotopic (exact) mass is 338 g/mol.